The molecule has 1 unspecified atom stereocenters. The van der Waals surface area contributed by atoms with Crippen LogP contribution in [-0.4, -0.2) is 19.8 Å². The molecule has 1 saturated heterocycles. The fraction of sp³-hybridized carbons (Fsp3) is 0.538. The van der Waals surface area contributed by atoms with E-state index in [0.29, 0.717) is 19.1 Å². The van der Waals surface area contributed by atoms with E-state index in [9.17, 15) is 13.2 Å². The molecule has 0 radical (unpaired) electrons. The van der Waals surface area contributed by atoms with E-state index in [1.165, 1.54) is 12.1 Å². The van der Waals surface area contributed by atoms with Gasteiger partial charge < -0.3 is 15.8 Å². The minimum Gasteiger partial charge on any atom is -0.399 e. The van der Waals surface area contributed by atoms with Crippen molar-refractivity contribution in [1.29, 1.82) is 0 Å². The van der Waals surface area contributed by atoms with Gasteiger partial charge >= 0.3 is 6.18 Å². The molecule has 6 heteroatoms. The summed E-state index contributed by atoms with van der Waals surface area (Å²) in [6.07, 6.45) is -2.61. The molecule has 0 spiro atoms. The summed E-state index contributed by atoms with van der Waals surface area (Å²) in [5.74, 6) is 0.440. The van der Waals surface area contributed by atoms with Gasteiger partial charge in [-0.25, -0.2) is 0 Å². The zero-order valence-corrected chi connectivity index (χ0v) is 10.5. The summed E-state index contributed by atoms with van der Waals surface area (Å²) >= 11 is 0. The number of halogens is 3. The Labute approximate surface area is 109 Å². The summed E-state index contributed by atoms with van der Waals surface area (Å²) in [6.45, 7) is 1.96. The average molecular weight is 274 g/mol. The molecular formula is C13H17F3N2O. The van der Waals surface area contributed by atoms with E-state index in [2.05, 4.69) is 5.32 Å². The second kappa shape index (κ2) is 5.69. The molecule has 1 fully saturated rings. The minimum absolute atomic E-state index is 0.0839. The van der Waals surface area contributed by atoms with Gasteiger partial charge in [-0.2, -0.15) is 13.2 Å². The molecule has 1 atom stereocenters. The maximum atomic E-state index is 12.8. The SMILES string of the molecule is Nc1ccc(NCCC2CCOC2)c(C(F)(F)F)c1. The first-order valence-electron chi connectivity index (χ1n) is 6.25. The molecule has 1 aromatic carbocycles. The predicted octanol–water partition coefficient (Wildman–Crippen LogP) is 3.13. The fourth-order valence-corrected chi connectivity index (χ4v) is 2.17. The van der Waals surface area contributed by atoms with Crippen LogP contribution in [0.1, 0.15) is 18.4 Å². The molecule has 1 aliphatic heterocycles. The summed E-state index contributed by atoms with van der Waals surface area (Å²) in [7, 11) is 0. The Morgan fingerprint density at radius 2 is 2.16 bits per heavy atom. The van der Waals surface area contributed by atoms with Crippen LogP contribution in [0.3, 0.4) is 0 Å². The van der Waals surface area contributed by atoms with Crippen molar-refractivity contribution < 1.29 is 17.9 Å². The van der Waals surface area contributed by atoms with Crippen molar-refractivity contribution in [3.05, 3.63) is 23.8 Å². The van der Waals surface area contributed by atoms with Crippen LogP contribution in [0.4, 0.5) is 24.5 Å². The molecule has 0 saturated carbocycles. The largest absolute Gasteiger partial charge is 0.418 e. The number of hydrogen-bond donors (Lipinski definition) is 2. The molecular weight excluding hydrogens is 257 g/mol. The standard InChI is InChI=1S/C13H17F3N2O/c14-13(15,16)11-7-10(17)1-2-12(11)18-5-3-9-4-6-19-8-9/h1-2,7,9,18H,3-6,8,17H2. The van der Waals surface area contributed by atoms with Crippen molar-refractivity contribution >= 4 is 11.4 Å². The Balaban J connectivity index is 1.98. The molecule has 3 nitrogen and oxygen atoms in total. The van der Waals surface area contributed by atoms with Gasteiger partial charge in [0.25, 0.3) is 0 Å². The number of benzene rings is 1. The van der Waals surface area contributed by atoms with Gasteiger partial charge in [-0.05, 0) is 37.0 Å². The van der Waals surface area contributed by atoms with E-state index in [0.717, 1.165) is 25.5 Å². The molecule has 0 amide bonds. The average Bonchev–Trinajstić information content (AvgIpc) is 2.83. The van der Waals surface area contributed by atoms with Gasteiger partial charge in [0.15, 0.2) is 0 Å². The van der Waals surface area contributed by atoms with Crippen molar-refractivity contribution in [3.63, 3.8) is 0 Å². The molecule has 0 bridgehead atoms. The lowest BCUT2D eigenvalue weighted by Crippen LogP contribution is -2.14. The third-order valence-corrected chi connectivity index (χ3v) is 3.24. The Morgan fingerprint density at radius 3 is 2.79 bits per heavy atom. The molecule has 0 aliphatic carbocycles. The summed E-state index contributed by atoms with van der Waals surface area (Å²) < 4.78 is 43.8. The van der Waals surface area contributed by atoms with E-state index < -0.39 is 11.7 Å². The number of alkyl halides is 3. The van der Waals surface area contributed by atoms with Crippen LogP contribution in [0, 0.1) is 5.92 Å². The van der Waals surface area contributed by atoms with E-state index in [4.69, 9.17) is 10.5 Å². The van der Waals surface area contributed by atoms with Gasteiger partial charge in [-0.15, -0.1) is 0 Å². The van der Waals surface area contributed by atoms with Crippen LogP contribution in [0.15, 0.2) is 18.2 Å². The number of nitrogens with two attached hydrogens (primary N) is 1. The maximum Gasteiger partial charge on any atom is 0.418 e. The molecule has 19 heavy (non-hydrogen) atoms. The second-order valence-corrected chi connectivity index (χ2v) is 4.75. The maximum absolute atomic E-state index is 12.8. The highest BCUT2D eigenvalue weighted by Gasteiger charge is 2.33. The van der Waals surface area contributed by atoms with Gasteiger partial charge in [0.2, 0.25) is 0 Å². The Kier molecular flexibility index (Phi) is 4.19. The van der Waals surface area contributed by atoms with Crippen LogP contribution in [0.25, 0.3) is 0 Å². The minimum atomic E-state index is -4.39. The van der Waals surface area contributed by atoms with Gasteiger partial charge in [0.1, 0.15) is 0 Å². The van der Waals surface area contributed by atoms with Gasteiger partial charge in [0.05, 0.1) is 5.56 Å². The summed E-state index contributed by atoms with van der Waals surface area (Å²) in [5, 5.41) is 2.84. The van der Waals surface area contributed by atoms with Crippen LogP contribution >= 0.6 is 0 Å². The smallest absolute Gasteiger partial charge is 0.399 e. The molecule has 1 heterocycles. The van der Waals surface area contributed by atoms with E-state index in [1.54, 1.807) is 0 Å². The lowest BCUT2D eigenvalue weighted by atomic mass is 10.0. The first-order chi connectivity index (χ1) is 8.97. The first-order valence-corrected chi connectivity index (χ1v) is 6.25. The highest BCUT2D eigenvalue weighted by atomic mass is 19.4. The molecule has 3 N–H and O–H groups in total. The number of rotatable bonds is 4. The molecule has 1 aromatic rings. The number of hydrogen-bond acceptors (Lipinski definition) is 3. The lowest BCUT2D eigenvalue weighted by Gasteiger charge is -2.16. The van der Waals surface area contributed by atoms with Crippen molar-refractivity contribution in [1.82, 2.24) is 0 Å². The Morgan fingerprint density at radius 1 is 1.37 bits per heavy atom. The molecule has 1 aliphatic rings. The first kappa shape index (κ1) is 14.0. The van der Waals surface area contributed by atoms with Crippen LogP contribution in [0.2, 0.25) is 0 Å². The summed E-state index contributed by atoms with van der Waals surface area (Å²) in [6, 6.07) is 3.81. The molecule has 2 rings (SSSR count). The highest BCUT2D eigenvalue weighted by Crippen LogP contribution is 2.36. The fourth-order valence-electron chi connectivity index (χ4n) is 2.17. The van der Waals surface area contributed by atoms with Crippen molar-refractivity contribution in [2.45, 2.75) is 19.0 Å². The zero-order valence-electron chi connectivity index (χ0n) is 10.5. The monoisotopic (exact) mass is 274 g/mol. The highest BCUT2D eigenvalue weighted by molar-refractivity contribution is 5.59. The third-order valence-electron chi connectivity index (χ3n) is 3.24. The number of nitrogens with one attached hydrogen (secondary N) is 1. The molecule has 106 valence electrons. The number of nitrogen functional groups attached to an aromatic ring is 1. The van der Waals surface area contributed by atoms with Gasteiger partial charge in [-0.1, -0.05) is 0 Å². The molecule has 0 aromatic heterocycles. The van der Waals surface area contributed by atoms with Crippen molar-refractivity contribution in [3.8, 4) is 0 Å². The second-order valence-electron chi connectivity index (χ2n) is 4.75. The third kappa shape index (κ3) is 3.76. The number of anilines is 2. The van der Waals surface area contributed by atoms with Crippen LogP contribution in [0.5, 0.6) is 0 Å². The van der Waals surface area contributed by atoms with Gasteiger partial charge in [-0.3, -0.25) is 0 Å². The van der Waals surface area contributed by atoms with Crippen LogP contribution < -0.4 is 11.1 Å². The van der Waals surface area contributed by atoms with E-state index >= 15 is 0 Å². The number of ether oxygens (including phenoxy) is 1. The quantitative estimate of drug-likeness (QED) is 0.829. The predicted molar refractivity (Wildman–Crippen MR) is 67.9 cm³/mol. The normalized spacial score (nSPS) is 19.6. The summed E-state index contributed by atoms with van der Waals surface area (Å²) in [5.41, 5.74) is 4.89. The zero-order chi connectivity index (χ0) is 13.9. The Bertz CT molecular complexity index is 428. The van der Waals surface area contributed by atoms with E-state index in [1.807, 2.05) is 0 Å². The summed E-state index contributed by atoms with van der Waals surface area (Å²) in [4.78, 5) is 0. The lowest BCUT2D eigenvalue weighted by molar-refractivity contribution is -0.136. The van der Waals surface area contributed by atoms with Gasteiger partial charge in [0, 0.05) is 31.1 Å². The van der Waals surface area contributed by atoms with Crippen molar-refractivity contribution in [2.24, 2.45) is 5.92 Å². The van der Waals surface area contributed by atoms with Crippen LogP contribution in [-0.2, 0) is 10.9 Å². The Hall–Kier alpha value is -1.43. The topological polar surface area (TPSA) is 47.3 Å². The van der Waals surface area contributed by atoms with Crippen molar-refractivity contribution in [2.75, 3.05) is 30.8 Å². The van der Waals surface area contributed by atoms with E-state index in [-0.39, 0.29) is 11.4 Å².